The fourth-order valence-corrected chi connectivity index (χ4v) is 3.24. The standard InChI is InChI=1S/C13H18N4S/c1-13(2)5-6-17(8-13)10-9-4-7-18-11(9)16-12(14-3)15-10/h4,7H,5-6,8H2,1-3H3,(H,14,15,16). The van der Waals surface area contributed by atoms with Crippen molar-refractivity contribution in [1.82, 2.24) is 9.97 Å². The maximum absolute atomic E-state index is 4.65. The second kappa shape index (κ2) is 4.09. The third-order valence-corrected chi connectivity index (χ3v) is 4.31. The fourth-order valence-electron chi connectivity index (χ4n) is 2.49. The van der Waals surface area contributed by atoms with Crippen molar-refractivity contribution >= 4 is 33.3 Å². The molecule has 0 atom stereocenters. The minimum atomic E-state index is 0.382. The van der Waals surface area contributed by atoms with Crippen LogP contribution in [0.4, 0.5) is 11.8 Å². The van der Waals surface area contributed by atoms with Gasteiger partial charge < -0.3 is 10.2 Å². The molecule has 2 aromatic rings. The van der Waals surface area contributed by atoms with E-state index in [4.69, 9.17) is 0 Å². The average Bonchev–Trinajstić information content (AvgIpc) is 2.93. The third kappa shape index (κ3) is 1.92. The van der Waals surface area contributed by atoms with E-state index < -0.39 is 0 Å². The normalized spacial score (nSPS) is 18.5. The molecule has 2 aromatic heterocycles. The summed E-state index contributed by atoms with van der Waals surface area (Å²) in [5, 5.41) is 6.32. The number of fused-ring (bicyclic) bond motifs is 1. The topological polar surface area (TPSA) is 41.1 Å². The highest BCUT2D eigenvalue weighted by Crippen LogP contribution is 2.36. The second-order valence-electron chi connectivity index (χ2n) is 5.60. The van der Waals surface area contributed by atoms with Gasteiger partial charge in [0.1, 0.15) is 10.6 Å². The molecule has 0 bridgehead atoms. The Balaban J connectivity index is 2.07. The molecule has 3 heterocycles. The molecule has 0 aliphatic carbocycles. The van der Waals surface area contributed by atoms with Crippen LogP contribution in [-0.2, 0) is 0 Å². The van der Waals surface area contributed by atoms with Crippen molar-refractivity contribution in [3.63, 3.8) is 0 Å². The van der Waals surface area contributed by atoms with Crippen LogP contribution in [0, 0.1) is 5.41 Å². The van der Waals surface area contributed by atoms with E-state index >= 15 is 0 Å². The second-order valence-corrected chi connectivity index (χ2v) is 6.49. The van der Waals surface area contributed by atoms with Crippen molar-refractivity contribution in [1.29, 1.82) is 0 Å². The number of anilines is 2. The zero-order valence-electron chi connectivity index (χ0n) is 11.0. The summed E-state index contributed by atoms with van der Waals surface area (Å²) in [5.74, 6) is 1.79. The summed E-state index contributed by atoms with van der Waals surface area (Å²) >= 11 is 1.67. The smallest absolute Gasteiger partial charge is 0.225 e. The molecule has 5 heteroatoms. The van der Waals surface area contributed by atoms with Crippen molar-refractivity contribution in [2.45, 2.75) is 20.3 Å². The zero-order chi connectivity index (χ0) is 12.8. The molecule has 3 rings (SSSR count). The van der Waals surface area contributed by atoms with Gasteiger partial charge in [0.05, 0.1) is 5.39 Å². The Kier molecular flexibility index (Phi) is 2.66. The summed E-state index contributed by atoms with van der Waals surface area (Å²) in [4.78, 5) is 12.6. The van der Waals surface area contributed by atoms with Gasteiger partial charge in [0.2, 0.25) is 5.95 Å². The summed E-state index contributed by atoms with van der Waals surface area (Å²) in [6.07, 6.45) is 1.22. The molecule has 0 amide bonds. The lowest BCUT2D eigenvalue weighted by Gasteiger charge is -2.21. The van der Waals surface area contributed by atoms with E-state index in [1.807, 2.05) is 7.05 Å². The van der Waals surface area contributed by atoms with Crippen molar-refractivity contribution < 1.29 is 0 Å². The van der Waals surface area contributed by atoms with Gasteiger partial charge in [-0.05, 0) is 23.3 Å². The maximum atomic E-state index is 4.65. The van der Waals surface area contributed by atoms with Crippen LogP contribution in [0.2, 0.25) is 0 Å². The lowest BCUT2D eigenvalue weighted by Crippen LogP contribution is -2.24. The number of thiophene rings is 1. The molecule has 0 unspecified atom stereocenters. The molecule has 1 fully saturated rings. The van der Waals surface area contributed by atoms with Gasteiger partial charge >= 0.3 is 0 Å². The van der Waals surface area contributed by atoms with Gasteiger partial charge in [0, 0.05) is 20.1 Å². The molecule has 0 saturated carbocycles. The van der Waals surface area contributed by atoms with Gasteiger partial charge in [0.15, 0.2) is 0 Å². The maximum Gasteiger partial charge on any atom is 0.225 e. The predicted octanol–water partition coefficient (Wildman–Crippen LogP) is 2.97. The number of rotatable bonds is 2. The molecule has 1 N–H and O–H groups in total. The predicted molar refractivity (Wildman–Crippen MR) is 77.6 cm³/mol. The van der Waals surface area contributed by atoms with Gasteiger partial charge in [-0.1, -0.05) is 13.8 Å². The largest absolute Gasteiger partial charge is 0.357 e. The van der Waals surface area contributed by atoms with Crippen molar-refractivity contribution in [2.24, 2.45) is 5.41 Å². The van der Waals surface area contributed by atoms with Crippen LogP contribution in [0.25, 0.3) is 10.2 Å². The SMILES string of the molecule is CNc1nc(N2CCC(C)(C)C2)c2ccsc2n1. The molecule has 96 valence electrons. The summed E-state index contributed by atoms with van der Waals surface area (Å²) in [7, 11) is 1.87. The molecular formula is C13H18N4S. The Hall–Kier alpha value is -1.36. The lowest BCUT2D eigenvalue weighted by atomic mass is 9.93. The van der Waals surface area contributed by atoms with Crippen LogP contribution in [0.5, 0.6) is 0 Å². The highest BCUT2D eigenvalue weighted by Gasteiger charge is 2.31. The van der Waals surface area contributed by atoms with Crippen molar-refractivity contribution in [3.8, 4) is 0 Å². The molecule has 0 radical (unpaired) electrons. The van der Waals surface area contributed by atoms with Gasteiger partial charge in [-0.15, -0.1) is 11.3 Å². The minimum Gasteiger partial charge on any atom is -0.357 e. The monoisotopic (exact) mass is 262 g/mol. The molecule has 18 heavy (non-hydrogen) atoms. The summed E-state index contributed by atoms with van der Waals surface area (Å²) < 4.78 is 0. The first kappa shape index (κ1) is 11.7. The Morgan fingerprint density at radius 3 is 2.89 bits per heavy atom. The van der Waals surface area contributed by atoms with Crippen molar-refractivity contribution in [3.05, 3.63) is 11.4 Å². The number of nitrogens with zero attached hydrogens (tertiary/aromatic N) is 3. The Morgan fingerprint density at radius 2 is 2.22 bits per heavy atom. The Bertz CT molecular complexity index is 575. The highest BCUT2D eigenvalue weighted by molar-refractivity contribution is 7.16. The first-order valence-electron chi connectivity index (χ1n) is 6.27. The zero-order valence-corrected chi connectivity index (χ0v) is 11.8. The molecular weight excluding hydrogens is 244 g/mol. The van der Waals surface area contributed by atoms with Gasteiger partial charge in [-0.2, -0.15) is 4.98 Å². The van der Waals surface area contributed by atoms with E-state index in [9.17, 15) is 0 Å². The van der Waals surface area contributed by atoms with Crippen molar-refractivity contribution in [2.75, 3.05) is 30.4 Å². The molecule has 1 aliphatic heterocycles. The van der Waals surface area contributed by atoms with Crippen LogP contribution < -0.4 is 10.2 Å². The van der Waals surface area contributed by atoms with Gasteiger partial charge in [0.25, 0.3) is 0 Å². The van der Waals surface area contributed by atoms with E-state index in [0.717, 1.165) is 23.7 Å². The van der Waals surface area contributed by atoms with E-state index in [1.54, 1.807) is 11.3 Å². The summed E-state index contributed by atoms with van der Waals surface area (Å²) in [5.41, 5.74) is 0.382. The first-order valence-corrected chi connectivity index (χ1v) is 7.15. The van der Waals surface area contributed by atoms with Gasteiger partial charge in [-0.3, -0.25) is 0 Å². The van der Waals surface area contributed by atoms with Gasteiger partial charge in [-0.25, -0.2) is 4.98 Å². The first-order chi connectivity index (χ1) is 8.59. The molecule has 0 spiro atoms. The van der Waals surface area contributed by atoms with E-state index in [0.29, 0.717) is 11.4 Å². The number of aromatic nitrogens is 2. The Labute approximate surface area is 111 Å². The third-order valence-electron chi connectivity index (χ3n) is 3.51. The van der Waals surface area contributed by atoms with Crippen LogP contribution in [0.15, 0.2) is 11.4 Å². The average molecular weight is 262 g/mol. The number of nitrogens with one attached hydrogen (secondary N) is 1. The number of hydrogen-bond donors (Lipinski definition) is 1. The molecule has 0 aromatic carbocycles. The highest BCUT2D eigenvalue weighted by atomic mass is 32.1. The van der Waals surface area contributed by atoms with Crippen LogP contribution >= 0.6 is 11.3 Å². The molecule has 1 aliphatic rings. The lowest BCUT2D eigenvalue weighted by molar-refractivity contribution is 0.418. The minimum absolute atomic E-state index is 0.382. The Morgan fingerprint density at radius 1 is 1.39 bits per heavy atom. The quantitative estimate of drug-likeness (QED) is 0.903. The summed E-state index contributed by atoms with van der Waals surface area (Å²) in [6.45, 7) is 6.78. The van der Waals surface area contributed by atoms with Crippen LogP contribution in [-0.4, -0.2) is 30.1 Å². The fraction of sp³-hybridized carbons (Fsp3) is 0.538. The van der Waals surface area contributed by atoms with E-state index in [1.165, 1.54) is 11.8 Å². The van der Waals surface area contributed by atoms with Crippen LogP contribution in [0.3, 0.4) is 0 Å². The number of hydrogen-bond acceptors (Lipinski definition) is 5. The molecule has 1 saturated heterocycles. The molecule has 4 nitrogen and oxygen atoms in total. The van der Waals surface area contributed by atoms with E-state index in [-0.39, 0.29) is 0 Å². The van der Waals surface area contributed by atoms with E-state index in [2.05, 4.69) is 45.5 Å². The summed E-state index contributed by atoms with van der Waals surface area (Å²) in [6, 6.07) is 2.13. The van der Waals surface area contributed by atoms with Crippen LogP contribution in [0.1, 0.15) is 20.3 Å².